The van der Waals surface area contributed by atoms with Crippen LogP contribution in [0.3, 0.4) is 0 Å². The van der Waals surface area contributed by atoms with Crippen LogP contribution in [0.1, 0.15) is 39.3 Å². The van der Waals surface area contributed by atoms with Gasteiger partial charge in [-0.25, -0.2) is 4.68 Å². The molecule has 2 aliphatic rings. The van der Waals surface area contributed by atoms with Crippen molar-refractivity contribution >= 4 is 26.8 Å². The first-order valence-electron chi connectivity index (χ1n) is 8.73. The molecule has 0 bridgehead atoms. The van der Waals surface area contributed by atoms with Crippen molar-refractivity contribution in [3.8, 4) is 5.75 Å². The molecule has 0 amide bonds. The average Bonchev–Trinajstić information content (AvgIpc) is 2.89. The van der Waals surface area contributed by atoms with Gasteiger partial charge in [-0.05, 0) is 45.2 Å². The van der Waals surface area contributed by atoms with Gasteiger partial charge in [0, 0.05) is 30.1 Å². The monoisotopic (exact) mass is 393 g/mol. The highest BCUT2D eigenvalue weighted by Gasteiger charge is 2.36. The van der Waals surface area contributed by atoms with Gasteiger partial charge >= 0.3 is 0 Å². The molecule has 0 saturated carbocycles. The fraction of sp³-hybridized carbons (Fsp3) is 0.611. The Morgan fingerprint density at radius 2 is 2.17 bits per heavy atom. The Kier molecular flexibility index (Phi) is 4.31. The zero-order valence-corrected chi connectivity index (χ0v) is 15.8. The van der Waals surface area contributed by atoms with Crippen LogP contribution in [0.4, 0.5) is 0 Å². The highest BCUT2D eigenvalue weighted by atomic mass is 79.9. The molecular weight excluding hydrogens is 370 g/mol. The molecule has 2 fully saturated rings. The number of aromatic nitrogens is 2. The van der Waals surface area contributed by atoms with Crippen molar-refractivity contribution in [2.45, 2.75) is 44.9 Å². The molecule has 2 aromatic rings. The number of benzene rings is 1. The molecule has 6 heteroatoms. The first kappa shape index (κ1) is 16.4. The van der Waals surface area contributed by atoms with Gasteiger partial charge in [-0.3, -0.25) is 0 Å². The van der Waals surface area contributed by atoms with E-state index in [1.165, 1.54) is 6.42 Å². The van der Waals surface area contributed by atoms with Crippen LogP contribution in [0.15, 0.2) is 22.8 Å². The van der Waals surface area contributed by atoms with Gasteiger partial charge < -0.3 is 14.8 Å². The van der Waals surface area contributed by atoms with Crippen molar-refractivity contribution in [3.05, 3.63) is 22.8 Å². The van der Waals surface area contributed by atoms with Gasteiger partial charge in [-0.15, -0.1) is 0 Å². The van der Waals surface area contributed by atoms with Crippen LogP contribution in [-0.4, -0.2) is 35.1 Å². The minimum atomic E-state index is -0.206. The molecule has 1 atom stereocenters. The number of nitrogens with one attached hydrogen (secondary N) is 1. The lowest BCUT2D eigenvalue weighted by Crippen LogP contribution is -2.55. The third kappa shape index (κ3) is 2.95. The van der Waals surface area contributed by atoms with E-state index in [2.05, 4.69) is 46.3 Å². The minimum Gasteiger partial charge on any atom is -0.487 e. The molecule has 0 radical (unpaired) electrons. The SMILES string of the molecule is CC(C)(Oc1cc(Br)cc2c1cnn2C1CCCCO1)C1CNC1. The molecule has 0 spiro atoms. The van der Waals surface area contributed by atoms with E-state index in [0.717, 1.165) is 53.7 Å². The molecule has 5 nitrogen and oxygen atoms in total. The Bertz CT molecular complexity index is 733. The van der Waals surface area contributed by atoms with E-state index in [-0.39, 0.29) is 11.8 Å². The van der Waals surface area contributed by atoms with Crippen molar-refractivity contribution in [2.24, 2.45) is 5.92 Å². The molecule has 0 aliphatic carbocycles. The van der Waals surface area contributed by atoms with Crippen molar-refractivity contribution in [2.75, 3.05) is 19.7 Å². The highest BCUT2D eigenvalue weighted by Crippen LogP contribution is 2.37. The summed E-state index contributed by atoms with van der Waals surface area (Å²) in [5.41, 5.74) is 0.858. The first-order chi connectivity index (χ1) is 11.5. The molecular formula is C18H24BrN3O2. The van der Waals surface area contributed by atoms with Crippen LogP contribution < -0.4 is 10.1 Å². The largest absolute Gasteiger partial charge is 0.487 e. The summed E-state index contributed by atoms with van der Waals surface area (Å²) in [5.74, 6) is 1.42. The quantitative estimate of drug-likeness (QED) is 0.855. The molecule has 1 aromatic carbocycles. The highest BCUT2D eigenvalue weighted by molar-refractivity contribution is 9.10. The number of fused-ring (bicyclic) bond motifs is 1. The van der Waals surface area contributed by atoms with Gasteiger partial charge in [-0.2, -0.15) is 5.10 Å². The normalized spacial score (nSPS) is 22.5. The molecule has 1 aromatic heterocycles. The maximum absolute atomic E-state index is 6.44. The number of ether oxygens (including phenoxy) is 2. The number of hydrogen-bond donors (Lipinski definition) is 1. The van der Waals surface area contributed by atoms with Crippen molar-refractivity contribution in [3.63, 3.8) is 0 Å². The van der Waals surface area contributed by atoms with Crippen LogP contribution >= 0.6 is 15.9 Å². The number of nitrogens with zero attached hydrogens (tertiary/aromatic N) is 2. The topological polar surface area (TPSA) is 48.3 Å². The van der Waals surface area contributed by atoms with E-state index < -0.39 is 0 Å². The Labute approximate surface area is 150 Å². The number of halogens is 1. The maximum atomic E-state index is 6.44. The first-order valence-corrected chi connectivity index (χ1v) is 9.52. The summed E-state index contributed by atoms with van der Waals surface area (Å²) in [7, 11) is 0. The van der Waals surface area contributed by atoms with Crippen LogP contribution in [0, 0.1) is 5.92 Å². The standard InChI is InChI=1S/C18H24BrN3O2/c1-18(2,12-9-20-10-12)24-16-8-13(19)7-15-14(16)11-21-22(15)17-5-3-4-6-23-17/h7-8,11-12,17,20H,3-6,9-10H2,1-2H3. The van der Waals surface area contributed by atoms with Crippen LogP contribution in [0.5, 0.6) is 5.75 Å². The third-order valence-electron chi connectivity index (χ3n) is 5.21. The second-order valence-corrected chi connectivity index (χ2v) is 8.22. The summed E-state index contributed by atoms with van der Waals surface area (Å²) in [4.78, 5) is 0. The Hall–Kier alpha value is -1.11. The lowest BCUT2D eigenvalue weighted by molar-refractivity contribution is -0.0366. The van der Waals surface area contributed by atoms with Crippen LogP contribution in [-0.2, 0) is 4.74 Å². The fourth-order valence-corrected chi connectivity index (χ4v) is 3.88. The predicted octanol–water partition coefficient (Wildman–Crippen LogP) is 3.87. The van der Waals surface area contributed by atoms with E-state index in [1.54, 1.807) is 0 Å². The zero-order valence-electron chi connectivity index (χ0n) is 14.2. The summed E-state index contributed by atoms with van der Waals surface area (Å²) in [5, 5.41) is 8.98. The molecule has 130 valence electrons. The van der Waals surface area contributed by atoms with Gasteiger partial charge in [0.05, 0.1) is 17.1 Å². The molecule has 1 N–H and O–H groups in total. The maximum Gasteiger partial charge on any atom is 0.150 e. The van der Waals surface area contributed by atoms with Gasteiger partial charge in [0.15, 0.2) is 6.23 Å². The van der Waals surface area contributed by atoms with Crippen molar-refractivity contribution in [1.29, 1.82) is 0 Å². The molecule has 24 heavy (non-hydrogen) atoms. The summed E-state index contributed by atoms with van der Waals surface area (Å²) >= 11 is 3.63. The summed E-state index contributed by atoms with van der Waals surface area (Å²) < 4.78 is 15.4. The van der Waals surface area contributed by atoms with Crippen LogP contribution in [0.2, 0.25) is 0 Å². The van der Waals surface area contributed by atoms with Gasteiger partial charge in [0.2, 0.25) is 0 Å². The Morgan fingerprint density at radius 3 is 2.83 bits per heavy atom. The van der Waals surface area contributed by atoms with E-state index >= 15 is 0 Å². The zero-order chi connectivity index (χ0) is 16.7. The molecule has 3 heterocycles. The lowest BCUT2D eigenvalue weighted by atomic mass is 9.86. The molecule has 1 unspecified atom stereocenters. The van der Waals surface area contributed by atoms with Gasteiger partial charge in [0.1, 0.15) is 11.4 Å². The third-order valence-corrected chi connectivity index (χ3v) is 5.67. The Morgan fingerprint density at radius 1 is 1.33 bits per heavy atom. The van der Waals surface area contributed by atoms with E-state index in [9.17, 15) is 0 Å². The van der Waals surface area contributed by atoms with E-state index in [1.807, 2.05) is 16.9 Å². The lowest BCUT2D eigenvalue weighted by Gasteiger charge is -2.41. The number of rotatable bonds is 4. The summed E-state index contributed by atoms with van der Waals surface area (Å²) in [6.45, 7) is 7.17. The van der Waals surface area contributed by atoms with E-state index in [4.69, 9.17) is 9.47 Å². The van der Waals surface area contributed by atoms with Crippen molar-refractivity contribution < 1.29 is 9.47 Å². The molecule has 2 saturated heterocycles. The van der Waals surface area contributed by atoms with E-state index in [0.29, 0.717) is 5.92 Å². The fourth-order valence-electron chi connectivity index (χ4n) is 3.46. The Balaban J connectivity index is 1.69. The number of hydrogen-bond acceptors (Lipinski definition) is 4. The van der Waals surface area contributed by atoms with Gasteiger partial charge in [-0.1, -0.05) is 15.9 Å². The molecule has 2 aliphatic heterocycles. The van der Waals surface area contributed by atoms with Crippen molar-refractivity contribution in [1.82, 2.24) is 15.1 Å². The van der Waals surface area contributed by atoms with Gasteiger partial charge in [0.25, 0.3) is 0 Å². The predicted molar refractivity (Wildman–Crippen MR) is 97.3 cm³/mol. The second kappa shape index (κ2) is 6.32. The summed E-state index contributed by atoms with van der Waals surface area (Å²) in [6.07, 6.45) is 5.27. The smallest absolute Gasteiger partial charge is 0.150 e. The second-order valence-electron chi connectivity index (χ2n) is 7.31. The average molecular weight is 394 g/mol. The minimum absolute atomic E-state index is 0.0299. The van der Waals surface area contributed by atoms with Crippen LogP contribution in [0.25, 0.3) is 10.9 Å². The molecule has 4 rings (SSSR count). The summed E-state index contributed by atoms with van der Waals surface area (Å²) in [6, 6.07) is 4.15.